The van der Waals surface area contributed by atoms with Gasteiger partial charge in [0.05, 0.1) is 5.69 Å². The predicted octanol–water partition coefficient (Wildman–Crippen LogP) is 2.92. The van der Waals surface area contributed by atoms with Crippen LogP contribution in [0.1, 0.15) is 31.0 Å². The maximum atomic E-state index is 12.4. The summed E-state index contributed by atoms with van der Waals surface area (Å²) in [4.78, 5) is 23.7. The number of fused-ring (bicyclic) bond motifs is 1. The number of rotatable bonds is 5. The summed E-state index contributed by atoms with van der Waals surface area (Å²) >= 11 is 6.17. The van der Waals surface area contributed by atoms with Crippen LogP contribution in [0.25, 0.3) is 5.78 Å². The number of H-pyrrole nitrogens is 1. The molecule has 142 valence electrons. The van der Waals surface area contributed by atoms with Crippen molar-refractivity contribution in [1.29, 1.82) is 0 Å². The molecular weight excluding hydrogens is 364 g/mol. The van der Waals surface area contributed by atoms with Crippen LogP contribution >= 0.6 is 11.6 Å². The monoisotopic (exact) mass is 386 g/mol. The number of hydrogen-bond donors (Lipinski definition) is 2. The molecule has 0 unspecified atom stereocenters. The number of likely N-dealkylation sites (tertiary alicyclic amines) is 1. The number of aromatic amines is 1. The minimum absolute atomic E-state index is 0.154. The fourth-order valence-electron chi connectivity index (χ4n) is 3.36. The van der Waals surface area contributed by atoms with E-state index < -0.39 is 0 Å². The van der Waals surface area contributed by atoms with Gasteiger partial charge < -0.3 is 5.32 Å². The average Bonchev–Trinajstić information content (AvgIpc) is 3.07. The van der Waals surface area contributed by atoms with E-state index in [-0.39, 0.29) is 5.56 Å². The van der Waals surface area contributed by atoms with Gasteiger partial charge in [0.15, 0.2) is 0 Å². The van der Waals surface area contributed by atoms with Crippen LogP contribution in [0.2, 0.25) is 5.02 Å². The van der Waals surface area contributed by atoms with Gasteiger partial charge in [-0.3, -0.25) is 14.8 Å². The van der Waals surface area contributed by atoms with Crippen molar-refractivity contribution in [1.82, 2.24) is 24.5 Å². The Kier molecular flexibility index (Phi) is 5.13. The Hall–Kier alpha value is -2.38. The van der Waals surface area contributed by atoms with E-state index in [0.29, 0.717) is 29.8 Å². The highest BCUT2D eigenvalue weighted by atomic mass is 35.5. The van der Waals surface area contributed by atoms with Crippen LogP contribution in [0.3, 0.4) is 0 Å². The molecule has 1 aromatic carbocycles. The van der Waals surface area contributed by atoms with Crippen molar-refractivity contribution >= 4 is 23.3 Å². The Labute approximate surface area is 162 Å². The summed E-state index contributed by atoms with van der Waals surface area (Å²) in [6.45, 7) is 5.58. The highest BCUT2D eigenvalue weighted by molar-refractivity contribution is 6.31. The predicted molar refractivity (Wildman–Crippen MR) is 106 cm³/mol. The summed E-state index contributed by atoms with van der Waals surface area (Å²) in [5, 5.41) is 6.81. The van der Waals surface area contributed by atoms with Crippen molar-refractivity contribution in [3.8, 4) is 0 Å². The molecule has 4 rings (SSSR count). The van der Waals surface area contributed by atoms with Gasteiger partial charge in [0, 0.05) is 24.2 Å². The third kappa shape index (κ3) is 4.14. The highest BCUT2D eigenvalue weighted by Gasteiger charge is 2.17. The normalized spacial score (nSPS) is 16.1. The topological polar surface area (TPSA) is 78.3 Å². The van der Waals surface area contributed by atoms with E-state index in [1.165, 1.54) is 17.4 Å². The van der Waals surface area contributed by atoms with E-state index in [2.05, 4.69) is 32.2 Å². The molecule has 1 aliphatic heterocycles. The SMILES string of the molecule is CC1CCN(Cc2cc(=O)n3[nH]c(NCc4ccccc4Cl)nc3n2)CC1. The molecule has 0 spiro atoms. The van der Waals surface area contributed by atoms with Gasteiger partial charge in [0.2, 0.25) is 5.95 Å². The lowest BCUT2D eigenvalue weighted by molar-refractivity contribution is 0.183. The molecule has 0 aliphatic carbocycles. The van der Waals surface area contributed by atoms with Gasteiger partial charge in [0.1, 0.15) is 0 Å². The average molecular weight is 387 g/mol. The van der Waals surface area contributed by atoms with Gasteiger partial charge in [-0.15, -0.1) is 0 Å². The van der Waals surface area contributed by atoms with Crippen LogP contribution in [0.4, 0.5) is 5.95 Å². The lowest BCUT2D eigenvalue weighted by atomic mass is 9.99. The van der Waals surface area contributed by atoms with E-state index in [1.54, 1.807) is 6.07 Å². The molecule has 3 aromatic rings. The number of benzene rings is 1. The van der Waals surface area contributed by atoms with Crippen molar-refractivity contribution < 1.29 is 0 Å². The van der Waals surface area contributed by atoms with Crippen molar-refractivity contribution in [2.45, 2.75) is 32.9 Å². The minimum Gasteiger partial charge on any atom is -0.350 e. The first-order valence-electron chi connectivity index (χ1n) is 9.27. The molecular formula is C19H23ClN6O. The number of nitrogens with zero attached hydrogens (tertiary/aromatic N) is 4. The fraction of sp³-hybridized carbons (Fsp3) is 0.421. The maximum Gasteiger partial charge on any atom is 0.274 e. The van der Waals surface area contributed by atoms with Crippen LogP contribution in [0.15, 0.2) is 35.1 Å². The summed E-state index contributed by atoms with van der Waals surface area (Å²) in [6, 6.07) is 9.19. The molecule has 1 saturated heterocycles. The van der Waals surface area contributed by atoms with Gasteiger partial charge in [-0.05, 0) is 43.5 Å². The van der Waals surface area contributed by atoms with Crippen LogP contribution in [-0.4, -0.2) is 37.6 Å². The Bertz CT molecular complexity index is 989. The molecule has 0 atom stereocenters. The summed E-state index contributed by atoms with van der Waals surface area (Å²) < 4.78 is 1.36. The third-order valence-electron chi connectivity index (χ3n) is 5.05. The molecule has 0 saturated carbocycles. The quantitative estimate of drug-likeness (QED) is 0.704. The Balaban J connectivity index is 1.49. The molecule has 1 aliphatic rings. The summed E-state index contributed by atoms with van der Waals surface area (Å²) in [5.41, 5.74) is 1.57. The zero-order valence-corrected chi connectivity index (χ0v) is 16.0. The third-order valence-corrected chi connectivity index (χ3v) is 5.42. The fourth-order valence-corrected chi connectivity index (χ4v) is 3.56. The Morgan fingerprint density at radius 2 is 2.04 bits per heavy atom. The summed E-state index contributed by atoms with van der Waals surface area (Å²) in [7, 11) is 0. The van der Waals surface area contributed by atoms with Crippen LogP contribution < -0.4 is 10.9 Å². The lowest BCUT2D eigenvalue weighted by Gasteiger charge is -2.29. The molecule has 7 nitrogen and oxygen atoms in total. The first-order valence-corrected chi connectivity index (χ1v) is 9.64. The number of aromatic nitrogens is 4. The Morgan fingerprint density at radius 3 is 2.81 bits per heavy atom. The van der Waals surface area contributed by atoms with Gasteiger partial charge in [-0.25, -0.2) is 4.98 Å². The van der Waals surface area contributed by atoms with Gasteiger partial charge in [-0.1, -0.05) is 36.7 Å². The smallest absolute Gasteiger partial charge is 0.274 e. The lowest BCUT2D eigenvalue weighted by Crippen LogP contribution is -2.33. The number of anilines is 1. The number of piperidine rings is 1. The van der Waals surface area contributed by atoms with E-state index in [4.69, 9.17) is 11.6 Å². The first-order chi connectivity index (χ1) is 13.1. The first kappa shape index (κ1) is 18.0. The minimum atomic E-state index is -0.154. The Morgan fingerprint density at radius 1 is 1.26 bits per heavy atom. The van der Waals surface area contributed by atoms with E-state index in [0.717, 1.165) is 30.3 Å². The molecule has 0 bridgehead atoms. The molecule has 27 heavy (non-hydrogen) atoms. The number of hydrogen-bond acceptors (Lipinski definition) is 5. The molecule has 2 N–H and O–H groups in total. The highest BCUT2D eigenvalue weighted by Crippen LogP contribution is 2.18. The summed E-state index contributed by atoms with van der Waals surface area (Å²) in [6.07, 6.45) is 2.39. The summed E-state index contributed by atoms with van der Waals surface area (Å²) in [5.74, 6) is 1.65. The van der Waals surface area contributed by atoms with Crippen molar-refractivity contribution in [3.63, 3.8) is 0 Å². The zero-order valence-electron chi connectivity index (χ0n) is 15.3. The molecule has 8 heteroatoms. The van der Waals surface area contributed by atoms with Crippen molar-refractivity contribution in [3.05, 3.63) is 57.0 Å². The van der Waals surface area contributed by atoms with Gasteiger partial charge in [-0.2, -0.15) is 9.50 Å². The molecule has 0 radical (unpaired) electrons. The molecule has 3 heterocycles. The second-order valence-electron chi connectivity index (χ2n) is 7.20. The van der Waals surface area contributed by atoms with Crippen molar-refractivity contribution in [2.75, 3.05) is 18.4 Å². The molecule has 0 amide bonds. The second-order valence-corrected chi connectivity index (χ2v) is 7.60. The van der Waals surface area contributed by atoms with Gasteiger partial charge in [0.25, 0.3) is 11.3 Å². The standard InChI is InChI=1S/C19H23ClN6O/c1-13-6-8-25(9-7-13)12-15-10-17(27)26-19(22-15)23-18(24-26)21-11-14-4-2-3-5-16(14)20/h2-5,10,13H,6-9,11-12H2,1H3,(H2,21,22,23,24). The number of nitrogens with one attached hydrogen (secondary N) is 2. The van der Waals surface area contributed by atoms with E-state index >= 15 is 0 Å². The van der Waals surface area contributed by atoms with Crippen LogP contribution in [0.5, 0.6) is 0 Å². The maximum absolute atomic E-state index is 12.4. The van der Waals surface area contributed by atoms with Gasteiger partial charge >= 0.3 is 0 Å². The molecule has 2 aromatic heterocycles. The largest absolute Gasteiger partial charge is 0.350 e. The van der Waals surface area contributed by atoms with Crippen LogP contribution in [-0.2, 0) is 13.1 Å². The zero-order chi connectivity index (χ0) is 18.8. The van der Waals surface area contributed by atoms with Crippen LogP contribution in [0, 0.1) is 5.92 Å². The number of halogens is 1. The molecule has 1 fully saturated rings. The second kappa shape index (κ2) is 7.70. The van der Waals surface area contributed by atoms with Crippen molar-refractivity contribution in [2.24, 2.45) is 5.92 Å². The van der Waals surface area contributed by atoms with E-state index in [1.807, 2.05) is 24.3 Å². The van der Waals surface area contributed by atoms with E-state index in [9.17, 15) is 4.79 Å².